The van der Waals surface area contributed by atoms with Crippen LogP contribution in [0.4, 0.5) is 5.69 Å². The topological polar surface area (TPSA) is 38.3 Å². The second-order valence-electron chi connectivity index (χ2n) is 4.42. The van der Waals surface area contributed by atoms with Crippen LogP contribution in [0.2, 0.25) is 0 Å². The van der Waals surface area contributed by atoms with E-state index in [1.54, 1.807) is 0 Å². The third-order valence-corrected chi connectivity index (χ3v) is 2.66. The summed E-state index contributed by atoms with van der Waals surface area (Å²) in [5.41, 5.74) is 0.525. The van der Waals surface area contributed by atoms with Crippen molar-refractivity contribution in [1.82, 2.24) is 0 Å². The third-order valence-electron chi connectivity index (χ3n) is 1.72. The van der Waals surface area contributed by atoms with Crippen molar-refractivity contribution in [2.45, 2.75) is 26.4 Å². The second kappa shape index (κ2) is 5.52. The van der Waals surface area contributed by atoms with E-state index in [1.807, 2.05) is 45.0 Å². The largest absolute Gasteiger partial charge is 0.459 e. The maximum absolute atomic E-state index is 11.5. The quantitative estimate of drug-likeness (QED) is 0.683. The predicted octanol–water partition coefficient (Wildman–Crippen LogP) is 3.04. The summed E-state index contributed by atoms with van der Waals surface area (Å²) in [5.74, 6) is -0.243. The molecule has 0 aliphatic rings. The molecule has 0 saturated carbocycles. The average Bonchev–Trinajstić information content (AvgIpc) is 2.14. The molecule has 0 aliphatic heterocycles. The Bertz CT molecular complexity index is 372. The molecular formula is C12H16INO2. The number of esters is 1. The van der Waals surface area contributed by atoms with E-state index in [1.165, 1.54) is 0 Å². The van der Waals surface area contributed by atoms with Gasteiger partial charge in [-0.1, -0.05) is 12.1 Å². The number of hydrogen-bond acceptors (Lipinski definition) is 3. The number of rotatable bonds is 3. The van der Waals surface area contributed by atoms with Gasteiger partial charge in [-0.25, -0.2) is 0 Å². The molecule has 16 heavy (non-hydrogen) atoms. The number of para-hydroxylation sites is 1. The summed E-state index contributed by atoms with van der Waals surface area (Å²) in [7, 11) is 0. The van der Waals surface area contributed by atoms with Gasteiger partial charge < -0.3 is 10.1 Å². The van der Waals surface area contributed by atoms with Gasteiger partial charge >= 0.3 is 5.97 Å². The summed E-state index contributed by atoms with van der Waals surface area (Å²) >= 11 is 2.22. The number of hydrogen-bond donors (Lipinski definition) is 1. The molecule has 0 atom stereocenters. The first kappa shape index (κ1) is 13.3. The number of anilines is 1. The molecule has 0 aromatic heterocycles. The third kappa shape index (κ3) is 4.83. The van der Waals surface area contributed by atoms with Crippen molar-refractivity contribution in [3.63, 3.8) is 0 Å². The van der Waals surface area contributed by atoms with Crippen molar-refractivity contribution in [2.24, 2.45) is 0 Å². The van der Waals surface area contributed by atoms with Crippen molar-refractivity contribution >= 4 is 34.2 Å². The van der Waals surface area contributed by atoms with Crippen LogP contribution in [0.3, 0.4) is 0 Å². The standard InChI is InChI=1S/C12H16INO2/c1-12(2,3)16-11(15)8-14-10-7-5-4-6-9(10)13/h4-7,14H,8H2,1-3H3. The summed E-state index contributed by atoms with van der Waals surface area (Å²) in [6, 6.07) is 7.81. The molecule has 3 nitrogen and oxygen atoms in total. The zero-order valence-electron chi connectivity index (χ0n) is 9.71. The van der Waals surface area contributed by atoms with E-state index in [9.17, 15) is 4.79 Å². The lowest BCUT2D eigenvalue weighted by atomic mass is 10.2. The second-order valence-corrected chi connectivity index (χ2v) is 5.58. The van der Waals surface area contributed by atoms with Crippen molar-refractivity contribution in [1.29, 1.82) is 0 Å². The van der Waals surface area contributed by atoms with E-state index in [-0.39, 0.29) is 12.5 Å². The molecule has 88 valence electrons. The molecule has 0 radical (unpaired) electrons. The summed E-state index contributed by atoms with van der Waals surface area (Å²) < 4.78 is 6.28. The molecule has 0 spiro atoms. The Hall–Kier alpha value is -0.780. The number of nitrogens with one attached hydrogen (secondary N) is 1. The maximum atomic E-state index is 11.5. The van der Waals surface area contributed by atoms with Gasteiger partial charge in [-0.15, -0.1) is 0 Å². The van der Waals surface area contributed by atoms with Gasteiger partial charge in [-0.05, 0) is 55.5 Å². The van der Waals surface area contributed by atoms with Gasteiger partial charge in [-0.2, -0.15) is 0 Å². The molecule has 0 fully saturated rings. The number of halogens is 1. The van der Waals surface area contributed by atoms with Gasteiger partial charge in [0.05, 0.1) is 0 Å². The van der Waals surface area contributed by atoms with Crippen LogP contribution in [0.15, 0.2) is 24.3 Å². The van der Waals surface area contributed by atoms with Crippen LogP contribution in [-0.4, -0.2) is 18.1 Å². The Labute approximate surface area is 110 Å². The first-order chi connectivity index (χ1) is 7.38. The Morgan fingerprint density at radius 1 is 1.38 bits per heavy atom. The Balaban J connectivity index is 2.47. The molecule has 0 heterocycles. The average molecular weight is 333 g/mol. The first-order valence-corrected chi connectivity index (χ1v) is 6.16. The minimum absolute atomic E-state index is 0.192. The van der Waals surface area contributed by atoms with Crippen molar-refractivity contribution < 1.29 is 9.53 Å². The first-order valence-electron chi connectivity index (χ1n) is 5.09. The van der Waals surface area contributed by atoms with Gasteiger partial charge in [0.2, 0.25) is 0 Å². The van der Waals surface area contributed by atoms with Crippen LogP contribution in [-0.2, 0) is 9.53 Å². The fourth-order valence-corrected chi connectivity index (χ4v) is 1.73. The Morgan fingerprint density at radius 2 is 2.00 bits per heavy atom. The van der Waals surface area contributed by atoms with Crippen molar-refractivity contribution in [3.8, 4) is 0 Å². The molecule has 1 aromatic rings. The van der Waals surface area contributed by atoms with E-state index < -0.39 is 5.60 Å². The molecule has 1 aromatic carbocycles. The normalized spacial score (nSPS) is 11.0. The number of benzene rings is 1. The molecule has 0 unspecified atom stereocenters. The molecule has 0 bridgehead atoms. The summed E-state index contributed by atoms with van der Waals surface area (Å²) in [6.07, 6.45) is 0. The van der Waals surface area contributed by atoms with Gasteiger partial charge in [0.15, 0.2) is 0 Å². The highest BCUT2D eigenvalue weighted by atomic mass is 127. The summed E-state index contributed by atoms with van der Waals surface area (Å²) in [4.78, 5) is 11.5. The highest BCUT2D eigenvalue weighted by Gasteiger charge is 2.15. The molecule has 0 aliphatic carbocycles. The lowest BCUT2D eigenvalue weighted by Crippen LogP contribution is -2.28. The highest BCUT2D eigenvalue weighted by Crippen LogP contribution is 2.16. The number of carbonyl (C=O) groups excluding carboxylic acids is 1. The minimum atomic E-state index is -0.428. The monoisotopic (exact) mass is 333 g/mol. The zero-order valence-corrected chi connectivity index (χ0v) is 11.9. The van der Waals surface area contributed by atoms with Gasteiger partial charge in [0.1, 0.15) is 12.1 Å². The SMILES string of the molecule is CC(C)(C)OC(=O)CNc1ccccc1I. The van der Waals surface area contributed by atoms with E-state index >= 15 is 0 Å². The van der Waals surface area contributed by atoms with Crippen LogP contribution < -0.4 is 5.32 Å². The van der Waals surface area contributed by atoms with E-state index in [2.05, 4.69) is 27.9 Å². The van der Waals surface area contributed by atoms with Crippen molar-refractivity contribution in [2.75, 3.05) is 11.9 Å². The number of ether oxygens (including phenoxy) is 1. The van der Waals surface area contributed by atoms with Crippen LogP contribution in [0.5, 0.6) is 0 Å². The smallest absolute Gasteiger partial charge is 0.325 e. The molecule has 0 amide bonds. The van der Waals surface area contributed by atoms with E-state index in [0.29, 0.717) is 0 Å². The molecule has 1 rings (SSSR count). The van der Waals surface area contributed by atoms with Crippen LogP contribution >= 0.6 is 22.6 Å². The summed E-state index contributed by atoms with van der Waals surface area (Å²) in [6.45, 7) is 5.77. The van der Waals surface area contributed by atoms with E-state index in [0.717, 1.165) is 9.26 Å². The van der Waals surface area contributed by atoms with Gasteiger partial charge in [-0.3, -0.25) is 4.79 Å². The number of carbonyl (C=O) groups is 1. The van der Waals surface area contributed by atoms with E-state index in [4.69, 9.17) is 4.74 Å². The van der Waals surface area contributed by atoms with Crippen LogP contribution in [0.1, 0.15) is 20.8 Å². The maximum Gasteiger partial charge on any atom is 0.325 e. The van der Waals surface area contributed by atoms with Crippen LogP contribution in [0.25, 0.3) is 0 Å². The molecule has 0 saturated heterocycles. The highest BCUT2D eigenvalue weighted by molar-refractivity contribution is 14.1. The predicted molar refractivity (Wildman–Crippen MR) is 73.5 cm³/mol. The van der Waals surface area contributed by atoms with Crippen LogP contribution in [0, 0.1) is 3.57 Å². The van der Waals surface area contributed by atoms with Gasteiger partial charge in [0, 0.05) is 9.26 Å². The zero-order chi connectivity index (χ0) is 12.2. The molecule has 1 N–H and O–H groups in total. The Morgan fingerprint density at radius 3 is 2.56 bits per heavy atom. The lowest BCUT2D eigenvalue weighted by Gasteiger charge is -2.19. The lowest BCUT2D eigenvalue weighted by molar-refractivity contribution is -0.152. The Kier molecular flexibility index (Phi) is 4.58. The molecular weight excluding hydrogens is 317 g/mol. The van der Waals surface area contributed by atoms with Crippen molar-refractivity contribution in [3.05, 3.63) is 27.8 Å². The summed E-state index contributed by atoms with van der Waals surface area (Å²) in [5, 5.41) is 3.05. The van der Waals surface area contributed by atoms with Gasteiger partial charge in [0.25, 0.3) is 0 Å². The molecule has 4 heteroatoms. The fraction of sp³-hybridized carbons (Fsp3) is 0.417. The fourth-order valence-electron chi connectivity index (χ4n) is 1.15. The minimum Gasteiger partial charge on any atom is -0.459 e.